The van der Waals surface area contributed by atoms with Gasteiger partial charge in [0, 0.05) is 25.7 Å². The van der Waals surface area contributed by atoms with E-state index in [9.17, 15) is 9.59 Å². The number of carbonyl (C=O) groups is 2. The van der Waals surface area contributed by atoms with Gasteiger partial charge in [0.25, 0.3) is 0 Å². The molecule has 24 heavy (non-hydrogen) atoms. The minimum Gasteiger partial charge on any atom is -0.332 e. The Hall–Kier alpha value is -0.390. The zero-order chi connectivity index (χ0) is 17.9. The van der Waals surface area contributed by atoms with Gasteiger partial charge in [0.1, 0.15) is 10.4 Å². The Bertz CT molecular complexity index is 726. The summed E-state index contributed by atoms with van der Waals surface area (Å²) in [6.07, 6.45) is 0.636. The van der Waals surface area contributed by atoms with E-state index in [1.54, 1.807) is 23.1 Å². The molecule has 4 nitrogen and oxygen atoms in total. The molecule has 2 atom stereocenters. The molecule has 1 aliphatic heterocycles. The van der Waals surface area contributed by atoms with Crippen LogP contribution in [0, 0.1) is 0 Å². The highest BCUT2D eigenvalue weighted by atomic mass is 35.5. The first-order chi connectivity index (χ1) is 11.1. The van der Waals surface area contributed by atoms with Crippen LogP contribution >= 0.6 is 58.0 Å². The second kappa shape index (κ2) is 6.10. The van der Waals surface area contributed by atoms with Gasteiger partial charge in [-0.2, -0.15) is 0 Å². The first kappa shape index (κ1) is 18.4. The van der Waals surface area contributed by atoms with Gasteiger partial charge in [0.05, 0.1) is 10.0 Å². The molecule has 130 valence electrons. The summed E-state index contributed by atoms with van der Waals surface area (Å²) in [6, 6.07) is 4.34. The van der Waals surface area contributed by atoms with Crippen molar-refractivity contribution in [1.29, 1.82) is 0 Å². The maximum absolute atomic E-state index is 12.7. The van der Waals surface area contributed by atoms with E-state index in [0.29, 0.717) is 28.7 Å². The Labute approximate surface area is 164 Å². The van der Waals surface area contributed by atoms with Crippen molar-refractivity contribution in [2.45, 2.75) is 28.1 Å². The van der Waals surface area contributed by atoms with Crippen molar-refractivity contribution in [3.8, 4) is 0 Å². The van der Waals surface area contributed by atoms with Crippen molar-refractivity contribution < 1.29 is 9.59 Å². The number of hydrogen-bond donors (Lipinski definition) is 0. The van der Waals surface area contributed by atoms with E-state index in [1.165, 1.54) is 11.9 Å². The van der Waals surface area contributed by atoms with Crippen molar-refractivity contribution in [3.05, 3.63) is 28.2 Å². The SMILES string of the molecule is CN(C(=O)C1(Cl)CC1(Cl)Cl)C1CCN(c2ccc(Cl)c(Cl)c2)C1=O. The normalized spacial score (nSPS) is 28.2. The topological polar surface area (TPSA) is 40.6 Å². The molecule has 0 aromatic heterocycles. The van der Waals surface area contributed by atoms with Crippen LogP contribution in [0.2, 0.25) is 10.0 Å². The van der Waals surface area contributed by atoms with Gasteiger partial charge in [-0.1, -0.05) is 46.4 Å². The number of rotatable bonds is 3. The Balaban J connectivity index is 1.76. The highest BCUT2D eigenvalue weighted by molar-refractivity contribution is 6.62. The summed E-state index contributed by atoms with van der Waals surface area (Å²) in [7, 11) is 1.54. The van der Waals surface area contributed by atoms with Gasteiger partial charge < -0.3 is 9.80 Å². The van der Waals surface area contributed by atoms with E-state index in [0.717, 1.165) is 0 Å². The summed E-state index contributed by atoms with van der Waals surface area (Å²) in [6.45, 7) is 0.460. The number of hydrogen-bond acceptors (Lipinski definition) is 2. The fraction of sp³-hybridized carbons (Fsp3) is 0.467. The highest BCUT2D eigenvalue weighted by Gasteiger charge is 2.72. The standard InChI is InChI=1S/C15H13Cl5N2O2/c1-21(13(24)14(18)7-15(14,19)20)11-4-5-22(12(11)23)8-2-3-9(16)10(17)6-8/h2-3,6,11H,4-5,7H2,1H3. The third-order valence-electron chi connectivity index (χ3n) is 4.44. The summed E-state index contributed by atoms with van der Waals surface area (Å²) >= 11 is 30.0. The zero-order valence-corrected chi connectivity index (χ0v) is 16.3. The van der Waals surface area contributed by atoms with E-state index in [4.69, 9.17) is 58.0 Å². The third-order valence-corrected chi connectivity index (χ3v) is 6.90. The fourth-order valence-electron chi connectivity index (χ4n) is 2.85. The third kappa shape index (κ3) is 2.86. The van der Waals surface area contributed by atoms with E-state index in [2.05, 4.69) is 0 Å². The molecule has 2 aliphatic rings. The van der Waals surface area contributed by atoms with Crippen LogP contribution in [0.25, 0.3) is 0 Å². The van der Waals surface area contributed by atoms with Crippen molar-refractivity contribution in [2.75, 3.05) is 18.5 Å². The lowest BCUT2D eigenvalue weighted by Gasteiger charge is -2.26. The Morgan fingerprint density at radius 2 is 1.88 bits per heavy atom. The molecule has 1 aromatic rings. The van der Waals surface area contributed by atoms with Gasteiger partial charge in [-0.15, -0.1) is 11.6 Å². The number of anilines is 1. The number of carbonyl (C=O) groups excluding carboxylic acids is 2. The first-order valence-corrected chi connectivity index (χ1v) is 9.08. The molecule has 1 aromatic carbocycles. The highest BCUT2D eigenvalue weighted by Crippen LogP contribution is 2.62. The summed E-state index contributed by atoms with van der Waals surface area (Å²) in [5.74, 6) is -0.650. The molecular formula is C15H13Cl5N2O2. The number of likely N-dealkylation sites (N-methyl/N-ethyl adjacent to an activating group) is 1. The maximum Gasteiger partial charge on any atom is 0.249 e. The number of nitrogens with zero attached hydrogens (tertiary/aromatic N) is 2. The first-order valence-electron chi connectivity index (χ1n) is 7.19. The fourth-order valence-corrected chi connectivity index (χ4v) is 4.17. The largest absolute Gasteiger partial charge is 0.332 e. The quantitative estimate of drug-likeness (QED) is 0.677. The smallest absolute Gasteiger partial charge is 0.249 e. The molecule has 0 N–H and O–H groups in total. The Kier molecular flexibility index (Phi) is 4.68. The van der Waals surface area contributed by atoms with Crippen LogP contribution in [0.1, 0.15) is 12.8 Å². The van der Waals surface area contributed by atoms with Gasteiger partial charge in [-0.25, -0.2) is 0 Å². The van der Waals surface area contributed by atoms with Crippen LogP contribution in [0.3, 0.4) is 0 Å². The molecule has 1 heterocycles. The van der Waals surface area contributed by atoms with Crippen molar-refractivity contribution in [2.24, 2.45) is 0 Å². The molecule has 1 saturated carbocycles. The Morgan fingerprint density at radius 3 is 2.42 bits per heavy atom. The second-order valence-electron chi connectivity index (χ2n) is 5.99. The van der Waals surface area contributed by atoms with E-state index >= 15 is 0 Å². The molecule has 0 spiro atoms. The number of amides is 2. The summed E-state index contributed by atoms with van der Waals surface area (Å²) in [4.78, 5) is 26.8. The average molecular weight is 431 g/mol. The second-order valence-corrected chi connectivity index (χ2v) is 8.93. The lowest BCUT2D eigenvalue weighted by molar-refractivity contribution is -0.137. The molecule has 0 radical (unpaired) electrons. The molecule has 1 saturated heterocycles. The molecular weight excluding hydrogens is 417 g/mol. The molecule has 2 fully saturated rings. The van der Waals surface area contributed by atoms with Crippen LogP contribution in [-0.4, -0.2) is 45.6 Å². The lowest BCUT2D eigenvalue weighted by atomic mass is 10.2. The monoisotopic (exact) mass is 428 g/mol. The van der Waals surface area contributed by atoms with Crippen LogP contribution in [-0.2, 0) is 9.59 Å². The van der Waals surface area contributed by atoms with Crippen LogP contribution in [0.15, 0.2) is 18.2 Å². The van der Waals surface area contributed by atoms with Crippen molar-refractivity contribution >= 4 is 75.5 Å². The zero-order valence-electron chi connectivity index (χ0n) is 12.5. The number of benzene rings is 1. The predicted octanol–water partition coefficient (Wildman–Crippen LogP) is 4.11. The maximum atomic E-state index is 12.7. The van der Waals surface area contributed by atoms with Gasteiger partial charge in [0.15, 0.2) is 4.87 Å². The molecule has 9 heteroatoms. The average Bonchev–Trinajstić information content (AvgIpc) is 2.85. The van der Waals surface area contributed by atoms with Gasteiger partial charge in [0.2, 0.25) is 11.8 Å². The summed E-state index contributed by atoms with van der Waals surface area (Å²) in [5, 5.41) is 0.774. The molecule has 2 unspecified atom stereocenters. The predicted molar refractivity (Wildman–Crippen MR) is 97.6 cm³/mol. The number of halogens is 5. The van der Waals surface area contributed by atoms with E-state index < -0.39 is 21.2 Å². The van der Waals surface area contributed by atoms with Gasteiger partial charge >= 0.3 is 0 Å². The van der Waals surface area contributed by atoms with Gasteiger partial charge in [-0.05, 0) is 24.6 Å². The van der Waals surface area contributed by atoms with Crippen LogP contribution in [0.4, 0.5) is 5.69 Å². The lowest BCUT2D eigenvalue weighted by Crippen LogP contribution is -2.47. The van der Waals surface area contributed by atoms with Crippen molar-refractivity contribution in [3.63, 3.8) is 0 Å². The Morgan fingerprint density at radius 1 is 1.25 bits per heavy atom. The molecule has 1 aliphatic carbocycles. The summed E-state index contributed by atoms with van der Waals surface area (Å²) in [5.41, 5.74) is 0.633. The minimum absolute atomic E-state index is 0.158. The van der Waals surface area contributed by atoms with Crippen LogP contribution in [0.5, 0.6) is 0 Å². The molecule has 2 amide bonds. The van der Waals surface area contributed by atoms with Crippen LogP contribution < -0.4 is 4.90 Å². The molecule has 3 rings (SSSR count). The summed E-state index contributed by atoms with van der Waals surface area (Å²) < 4.78 is -1.29. The molecule has 0 bridgehead atoms. The van der Waals surface area contributed by atoms with Gasteiger partial charge in [-0.3, -0.25) is 9.59 Å². The van der Waals surface area contributed by atoms with E-state index in [1.807, 2.05) is 0 Å². The minimum atomic E-state index is -1.36. The van der Waals surface area contributed by atoms with Crippen molar-refractivity contribution in [1.82, 2.24) is 4.90 Å². The van der Waals surface area contributed by atoms with E-state index in [-0.39, 0.29) is 12.3 Å². The number of alkyl halides is 3.